The monoisotopic (exact) mass is 332 g/mol. The van der Waals surface area contributed by atoms with E-state index < -0.39 is 24.5 Å². The molecule has 1 aliphatic rings. The number of methoxy groups -OCH3 is 1. The van der Waals surface area contributed by atoms with E-state index in [9.17, 15) is 19.5 Å². The van der Waals surface area contributed by atoms with Crippen LogP contribution in [0.4, 0.5) is 4.79 Å². The Labute approximate surface area is 137 Å². The largest absolute Gasteiger partial charge is 0.504 e. The van der Waals surface area contributed by atoms with Gasteiger partial charge in [0.2, 0.25) is 0 Å². The van der Waals surface area contributed by atoms with Crippen LogP contribution in [0.5, 0.6) is 11.5 Å². The summed E-state index contributed by atoms with van der Waals surface area (Å²) in [7, 11) is 1.39. The highest BCUT2D eigenvalue weighted by molar-refractivity contribution is 6.15. The first-order valence-corrected chi connectivity index (χ1v) is 6.94. The molecule has 1 aromatic rings. The molecule has 0 aliphatic carbocycles. The summed E-state index contributed by atoms with van der Waals surface area (Å²) in [6, 6.07) is 2.31. The Morgan fingerprint density at radius 2 is 2.12 bits per heavy atom. The van der Waals surface area contributed by atoms with Gasteiger partial charge in [-0.1, -0.05) is 6.08 Å². The van der Waals surface area contributed by atoms with Crippen molar-refractivity contribution in [3.8, 4) is 11.5 Å². The molecule has 0 bridgehead atoms. The van der Waals surface area contributed by atoms with Gasteiger partial charge < -0.3 is 20.3 Å². The first-order chi connectivity index (χ1) is 11.4. The van der Waals surface area contributed by atoms with Crippen LogP contribution in [0.2, 0.25) is 0 Å². The number of carbonyl (C=O) groups excluding carboxylic acids is 2. The third-order valence-electron chi connectivity index (χ3n) is 3.33. The minimum absolute atomic E-state index is 0.0335. The number of amides is 3. The Bertz CT molecular complexity index is 753. The van der Waals surface area contributed by atoms with Crippen LogP contribution in [0.3, 0.4) is 0 Å². The maximum Gasteiger partial charge on any atom is 0.329 e. The third-order valence-corrected chi connectivity index (χ3v) is 3.33. The van der Waals surface area contributed by atoms with Crippen molar-refractivity contribution in [2.75, 3.05) is 13.7 Å². The van der Waals surface area contributed by atoms with E-state index >= 15 is 0 Å². The van der Waals surface area contributed by atoms with Gasteiger partial charge >= 0.3 is 12.0 Å². The molecule has 0 spiro atoms. The molecule has 1 saturated heterocycles. The van der Waals surface area contributed by atoms with E-state index in [1.807, 2.05) is 0 Å². The maximum absolute atomic E-state index is 12.1. The molecular weight excluding hydrogens is 316 g/mol. The van der Waals surface area contributed by atoms with Crippen LogP contribution in [-0.4, -0.2) is 46.7 Å². The van der Waals surface area contributed by atoms with Crippen molar-refractivity contribution in [1.82, 2.24) is 10.2 Å². The fourth-order valence-corrected chi connectivity index (χ4v) is 2.26. The summed E-state index contributed by atoms with van der Waals surface area (Å²) in [6.07, 6.45) is 3.36. The number of hydrogen-bond donors (Lipinski definition) is 3. The second-order valence-electron chi connectivity index (χ2n) is 5.00. The van der Waals surface area contributed by atoms with Crippen LogP contribution < -0.4 is 10.1 Å². The summed E-state index contributed by atoms with van der Waals surface area (Å²) in [5.41, 5.74) is 0.983. The molecule has 2 rings (SSSR count). The Kier molecular flexibility index (Phi) is 4.88. The minimum Gasteiger partial charge on any atom is -0.504 e. The highest BCUT2D eigenvalue weighted by Gasteiger charge is 2.34. The van der Waals surface area contributed by atoms with Crippen LogP contribution in [0, 0.1) is 0 Å². The lowest BCUT2D eigenvalue weighted by Gasteiger charge is -2.10. The Hall–Kier alpha value is -3.29. The zero-order valence-corrected chi connectivity index (χ0v) is 12.9. The quantitative estimate of drug-likeness (QED) is 0.408. The van der Waals surface area contributed by atoms with Crippen LogP contribution in [-0.2, 0) is 16.0 Å². The molecule has 0 unspecified atom stereocenters. The van der Waals surface area contributed by atoms with Crippen molar-refractivity contribution < 1.29 is 29.3 Å². The molecule has 8 heteroatoms. The number of phenolic OH excluding ortho intramolecular Hbond substituents is 1. The molecule has 1 heterocycles. The molecule has 126 valence electrons. The van der Waals surface area contributed by atoms with Crippen molar-refractivity contribution in [2.24, 2.45) is 0 Å². The van der Waals surface area contributed by atoms with E-state index in [4.69, 9.17) is 9.84 Å². The molecule has 1 aromatic carbocycles. The lowest BCUT2D eigenvalue weighted by molar-refractivity contribution is -0.140. The first-order valence-electron chi connectivity index (χ1n) is 6.94. The van der Waals surface area contributed by atoms with E-state index in [1.165, 1.54) is 19.3 Å². The number of aromatic hydroxyl groups is 1. The standard InChI is InChI=1S/C16H16N2O6/c1-3-4-10-5-9(7-12(24-2)14(10)21)6-11-15(22)18(8-13(19)20)16(23)17-11/h3,5-7,21H,1,4,8H2,2H3,(H,17,23)(H,19,20)/b11-6+. The molecular formula is C16H16N2O6. The van der Waals surface area contributed by atoms with Gasteiger partial charge in [0.25, 0.3) is 5.91 Å². The predicted molar refractivity (Wildman–Crippen MR) is 84.4 cm³/mol. The topological polar surface area (TPSA) is 116 Å². The van der Waals surface area contributed by atoms with Gasteiger partial charge in [-0.2, -0.15) is 0 Å². The Balaban J connectivity index is 2.39. The molecule has 0 atom stereocenters. The van der Waals surface area contributed by atoms with Crippen molar-refractivity contribution in [2.45, 2.75) is 6.42 Å². The lowest BCUT2D eigenvalue weighted by Crippen LogP contribution is -2.35. The van der Waals surface area contributed by atoms with Crippen molar-refractivity contribution in [3.05, 3.63) is 41.6 Å². The average Bonchev–Trinajstić information content (AvgIpc) is 2.77. The van der Waals surface area contributed by atoms with E-state index in [0.717, 1.165) is 0 Å². The summed E-state index contributed by atoms with van der Waals surface area (Å²) in [6.45, 7) is 2.88. The highest BCUT2D eigenvalue weighted by atomic mass is 16.5. The van der Waals surface area contributed by atoms with E-state index in [2.05, 4.69) is 11.9 Å². The molecule has 0 radical (unpaired) electrons. The van der Waals surface area contributed by atoms with E-state index in [-0.39, 0.29) is 17.2 Å². The van der Waals surface area contributed by atoms with Crippen molar-refractivity contribution in [1.29, 1.82) is 0 Å². The SMILES string of the molecule is C=CCc1cc(/C=C2/NC(=O)N(CC(=O)O)C2=O)cc(OC)c1O. The molecule has 8 nitrogen and oxygen atoms in total. The molecule has 3 amide bonds. The molecule has 0 saturated carbocycles. The van der Waals surface area contributed by atoms with E-state index in [1.54, 1.807) is 12.1 Å². The second-order valence-corrected chi connectivity index (χ2v) is 5.00. The van der Waals surface area contributed by atoms with Crippen molar-refractivity contribution in [3.63, 3.8) is 0 Å². The zero-order valence-electron chi connectivity index (χ0n) is 12.9. The number of allylic oxidation sites excluding steroid dienone is 1. The number of ether oxygens (including phenoxy) is 1. The van der Waals surface area contributed by atoms with E-state index in [0.29, 0.717) is 22.4 Å². The normalized spacial score (nSPS) is 15.5. The van der Waals surface area contributed by atoms with Crippen LogP contribution in [0.25, 0.3) is 6.08 Å². The number of benzene rings is 1. The van der Waals surface area contributed by atoms with Crippen LogP contribution in [0.1, 0.15) is 11.1 Å². The number of imide groups is 1. The highest BCUT2D eigenvalue weighted by Crippen LogP contribution is 2.33. The number of carbonyl (C=O) groups is 3. The summed E-state index contributed by atoms with van der Waals surface area (Å²) < 4.78 is 5.08. The fraction of sp³-hybridized carbons (Fsp3) is 0.188. The summed E-state index contributed by atoms with van der Waals surface area (Å²) >= 11 is 0. The van der Waals surface area contributed by atoms with Gasteiger partial charge in [0.05, 0.1) is 7.11 Å². The summed E-state index contributed by atoms with van der Waals surface area (Å²) in [5.74, 6) is -1.85. The molecule has 1 fully saturated rings. The van der Waals surface area contributed by atoms with Gasteiger partial charge in [-0.3, -0.25) is 9.59 Å². The summed E-state index contributed by atoms with van der Waals surface area (Å²) in [4.78, 5) is 35.1. The number of nitrogens with one attached hydrogen (secondary N) is 1. The number of nitrogens with zero attached hydrogens (tertiary/aromatic N) is 1. The number of phenols is 1. The lowest BCUT2D eigenvalue weighted by atomic mass is 10.0. The van der Waals surface area contributed by atoms with Gasteiger partial charge in [0, 0.05) is 5.56 Å². The average molecular weight is 332 g/mol. The minimum atomic E-state index is -1.29. The number of aliphatic carboxylic acids is 1. The maximum atomic E-state index is 12.1. The number of carboxylic acid groups (broad SMARTS) is 1. The van der Waals surface area contributed by atoms with Crippen LogP contribution in [0.15, 0.2) is 30.5 Å². The van der Waals surface area contributed by atoms with Crippen molar-refractivity contribution >= 4 is 24.0 Å². The number of carboxylic acids is 1. The predicted octanol–water partition coefficient (Wildman–Crippen LogP) is 1.11. The molecule has 3 N–H and O–H groups in total. The molecule has 0 aromatic heterocycles. The number of urea groups is 1. The second kappa shape index (κ2) is 6.86. The smallest absolute Gasteiger partial charge is 0.329 e. The third kappa shape index (κ3) is 3.37. The zero-order chi connectivity index (χ0) is 17.9. The van der Waals surface area contributed by atoms with Gasteiger partial charge in [-0.25, -0.2) is 9.69 Å². The first kappa shape index (κ1) is 17.1. The summed E-state index contributed by atoms with van der Waals surface area (Å²) in [5, 5.41) is 21.1. The Morgan fingerprint density at radius 1 is 1.42 bits per heavy atom. The fourth-order valence-electron chi connectivity index (χ4n) is 2.26. The van der Waals surface area contributed by atoms with Crippen LogP contribution >= 0.6 is 0 Å². The molecule has 24 heavy (non-hydrogen) atoms. The van der Waals surface area contributed by atoms with Gasteiger partial charge in [0.15, 0.2) is 11.5 Å². The van der Waals surface area contributed by atoms with Gasteiger partial charge in [-0.15, -0.1) is 6.58 Å². The van der Waals surface area contributed by atoms with Gasteiger partial charge in [-0.05, 0) is 30.2 Å². The van der Waals surface area contributed by atoms with Gasteiger partial charge in [0.1, 0.15) is 12.2 Å². The Morgan fingerprint density at radius 3 is 2.71 bits per heavy atom. The number of hydrogen-bond acceptors (Lipinski definition) is 5. The number of rotatable bonds is 6. The molecule has 1 aliphatic heterocycles.